The van der Waals surface area contributed by atoms with Crippen molar-refractivity contribution in [2.45, 2.75) is 26.2 Å². The van der Waals surface area contributed by atoms with E-state index in [4.69, 9.17) is 5.26 Å². The van der Waals surface area contributed by atoms with Gasteiger partial charge >= 0.3 is 0 Å². The third-order valence-electron chi connectivity index (χ3n) is 2.25. The Morgan fingerprint density at radius 3 is 3.06 bits per heavy atom. The molecule has 1 N–H and O–H groups in total. The second-order valence-electron chi connectivity index (χ2n) is 3.50. The van der Waals surface area contributed by atoms with Crippen molar-refractivity contribution in [3.8, 4) is 6.07 Å². The Labute approximate surface area is 95.3 Å². The van der Waals surface area contributed by atoms with Gasteiger partial charge < -0.3 is 5.32 Å². The third kappa shape index (κ3) is 3.35. The first-order chi connectivity index (χ1) is 7.79. The largest absolute Gasteiger partial charge is 0.352 e. The fraction of sp³-hybridized carbons (Fsp3) is 0.417. The minimum atomic E-state index is -0.222. The summed E-state index contributed by atoms with van der Waals surface area (Å²) < 4.78 is 0. The van der Waals surface area contributed by atoms with Crippen LogP contribution in [0.15, 0.2) is 18.5 Å². The van der Waals surface area contributed by atoms with E-state index in [0.29, 0.717) is 17.7 Å². The molecule has 0 aliphatic heterocycles. The zero-order valence-corrected chi connectivity index (χ0v) is 9.36. The minimum absolute atomic E-state index is 0.222. The average molecular weight is 217 g/mol. The predicted molar refractivity (Wildman–Crippen MR) is 60.8 cm³/mol. The van der Waals surface area contributed by atoms with E-state index in [1.54, 1.807) is 6.07 Å². The van der Waals surface area contributed by atoms with Gasteiger partial charge in [-0.05, 0) is 12.5 Å². The number of pyridine rings is 1. The molecule has 0 fully saturated rings. The Morgan fingerprint density at radius 1 is 1.56 bits per heavy atom. The first kappa shape index (κ1) is 12.2. The fourth-order valence-corrected chi connectivity index (χ4v) is 1.35. The first-order valence-electron chi connectivity index (χ1n) is 5.42. The monoisotopic (exact) mass is 217 g/mol. The highest BCUT2D eigenvalue weighted by molar-refractivity contribution is 5.96. The number of unbranched alkanes of at least 4 members (excludes halogenated alkanes) is 2. The highest BCUT2D eigenvalue weighted by atomic mass is 16.1. The molecule has 1 aromatic rings. The molecule has 84 valence electrons. The summed E-state index contributed by atoms with van der Waals surface area (Å²) in [6.07, 6.45) is 6.11. The molecule has 0 aliphatic rings. The van der Waals surface area contributed by atoms with Gasteiger partial charge in [-0.2, -0.15) is 5.26 Å². The molecule has 4 heteroatoms. The summed E-state index contributed by atoms with van der Waals surface area (Å²) in [6.45, 7) is 2.75. The van der Waals surface area contributed by atoms with Gasteiger partial charge in [0.25, 0.3) is 5.91 Å². The number of amides is 1. The van der Waals surface area contributed by atoms with E-state index in [1.165, 1.54) is 12.4 Å². The molecule has 0 saturated carbocycles. The molecule has 1 heterocycles. The number of hydrogen-bond acceptors (Lipinski definition) is 3. The molecule has 0 aliphatic carbocycles. The number of nitrogens with one attached hydrogen (secondary N) is 1. The van der Waals surface area contributed by atoms with E-state index in [1.807, 2.05) is 6.07 Å². The fourth-order valence-electron chi connectivity index (χ4n) is 1.35. The second-order valence-corrected chi connectivity index (χ2v) is 3.50. The second kappa shape index (κ2) is 6.57. The van der Waals surface area contributed by atoms with Gasteiger partial charge in [-0.3, -0.25) is 9.78 Å². The summed E-state index contributed by atoms with van der Waals surface area (Å²) in [5.74, 6) is -0.222. The number of hydrogen-bond donors (Lipinski definition) is 1. The van der Waals surface area contributed by atoms with Crippen LogP contribution in [-0.4, -0.2) is 17.4 Å². The SMILES string of the molecule is CCCCCNC(=O)c1cnccc1C#N. The lowest BCUT2D eigenvalue weighted by Crippen LogP contribution is -2.25. The summed E-state index contributed by atoms with van der Waals surface area (Å²) in [4.78, 5) is 15.5. The maximum atomic E-state index is 11.7. The molecular formula is C12H15N3O. The molecule has 0 saturated heterocycles. The van der Waals surface area contributed by atoms with Crippen LogP contribution in [0.4, 0.5) is 0 Å². The van der Waals surface area contributed by atoms with Crippen LogP contribution in [0, 0.1) is 11.3 Å². The molecule has 0 radical (unpaired) electrons. The molecule has 4 nitrogen and oxygen atoms in total. The van der Waals surface area contributed by atoms with Crippen molar-refractivity contribution < 1.29 is 4.79 Å². The summed E-state index contributed by atoms with van der Waals surface area (Å²) in [7, 11) is 0. The Morgan fingerprint density at radius 2 is 2.38 bits per heavy atom. The zero-order chi connectivity index (χ0) is 11.8. The van der Waals surface area contributed by atoms with Crippen LogP contribution in [-0.2, 0) is 0 Å². The number of aromatic nitrogens is 1. The molecular weight excluding hydrogens is 202 g/mol. The van der Waals surface area contributed by atoms with Gasteiger partial charge in [0.05, 0.1) is 11.1 Å². The van der Waals surface area contributed by atoms with Crippen molar-refractivity contribution in [2.24, 2.45) is 0 Å². The van der Waals surface area contributed by atoms with E-state index in [-0.39, 0.29) is 5.91 Å². The van der Waals surface area contributed by atoms with E-state index >= 15 is 0 Å². The van der Waals surface area contributed by atoms with E-state index in [9.17, 15) is 4.79 Å². The standard InChI is InChI=1S/C12H15N3O/c1-2-3-4-6-15-12(16)11-9-14-7-5-10(11)8-13/h5,7,9H,2-4,6H2,1H3,(H,15,16). The minimum Gasteiger partial charge on any atom is -0.352 e. The molecule has 1 amide bonds. The van der Waals surface area contributed by atoms with Crippen LogP contribution >= 0.6 is 0 Å². The Balaban J connectivity index is 2.56. The van der Waals surface area contributed by atoms with E-state index < -0.39 is 0 Å². The highest BCUT2D eigenvalue weighted by Gasteiger charge is 2.09. The third-order valence-corrected chi connectivity index (χ3v) is 2.25. The molecule has 16 heavy (non-hydrogen) atoms. The Hall–Kier alpha value is -1.89. The molecule has 0 spiro atoms. The van der Waals surface area contributed by atoms with Crippen LogP contribution in [0.25, 0.3) is 0 Å². The van der Waals surface area contributed by atoms with E-state index in [0.717, 1.165) is 19.3 Å². The van der Waals surface area contributed by atoms with Crippen LogP contribution in [0.2, 0.25) is 0 Å². The van der Waals surface area contributed by atoms with Crippen molar-refractivity contribution in [1.29, 1.82) is 5.26 Å². The van der Waals surface area contributed by atoms with Crippen molar-refractivity contribution in [2.75, 3.05) is 6.54 Å². The lowest BCUT2D eigenvalue weighted by Gasteiger charge is -2.05. The van der Waals surface area contributed by atoms with Gasteiger partial charge in [-0.25, -0.2) is 0 Å². The van der Waals surface area contributed by atoms with Gasteiger partial charge in [0.15, 0.2) is 0 Å². The molecule has 1 aromatic heterocycles. The predicted octanol–water partition coefficient (Wildman–Crippen LogP) is 1.87. The topological polar surface area (TPSA) is 65.8 Å². The Kier molecular flexibility index (Phi) is 5.00. The quantitative estimate of drug-likeness (QED) is 0.766. The number of carbonyl (C=O) groups excluding carboxylic acids is 1. The van der Waals surface area contributed by atoms with Crippen molar-refractivity contribution in [3.05, 3.63) is 29.6 Å². The van der Waals surface area contributed by atoms with Crippen LogP contribution in [0.5, 0.6) is 0 Å². The maximum absolute atomic E-state index is 11.7. The number of rotatable bonds is 5. The summed E-state index contributed by atoms with van der Waals surface area (Å²) >= 11 is 0. The van der Waals surface area contributed by atoms with Crippen LogP contribution in [0.3, 0.4) is 0 Å². The lowest BCUT2D eigenvalue weighted by molar-refractivity contribution is 0.0952. The molecule has 1 rings (SSSR count). The Bertz CT molecular complexity index is 395. The first-order valence-corrected chi connectivity index (χ1v) is 5.42. The van der Waals surface area contributed by atoms with Gasteiger partial charge in [0.2, 0.25) is 0 Å². The maximum Gasteiger partial charge on any atom is 0.254 e. The van der Waals surface area contributed by atoms with Crippen molar-refractivity contribution >= 4 is 5.91 Å². The average Bonchev–Trinajstić information content (AvgIpc) is 2.34. The van der Waals surface area contributed by atoms with E-state index in [2.05, 4.69) is 17.2 Å². The van der Waals surface area contributed by atoms with Gasteiger partial charge in [-0.1, -0.05) is 19.8 Å². The van der Waals surface area contributed by atoms with Gasteiger partial charge in [0, 0.05) is 18.9 Å². The van der Waals surface area contributed by atoms with Crippen molar-refractivity contribution in [1.82, 2.24) is 10.3 Å². The number of nitrogens with zero attached hydrogens (tertiary/aromatic N) is 2. The van der Waals surface area contributed by atoms with Crippen LogP contribution < -0.4 is 5.32 Å². The summed E-state index contributed by atoms with van der Waals surface area (Å²) in [6, 6.07) is 3.52. The number of nitriles is 1. The van der Waals surface area contributed by atoms with Crippen LogP contribution in [0.1, 0.15) is 42.1 Å². The highest BCUT2D eigenvalue weighted by Crippen LogP contribution is 2.04. The molecule has 0 aromatic carbocycles. The molecule has 0 unspecified atom stereocenters. The molecule has 0 atom stereocenters. The van der Waals surface area contributed by atoms with Crippen molar-refractivity contribution in [3.63, 3.8) is 0 Å². The lowest BCUT2D eigenvalue weighted by atomic mass is 10.1. The summed E-state index contributed by atoms with van der Waals surface area (Å²) in [5, 5.41) is 11.6. The summed E-state index contributed by atoms with van der Waals surface area (Å²) in [5.41, 5.74) is 0.712. The number of carbonyl (C=O) groups is 1. The van der Waals surface area contributed by atoms with Gasteiger partial charge in [-0.15, -0.1) is 0 Å². The van der Waals surface area contributed by atoms with Gasteiger partial charge in [0.1, 0.15) is 6.07 Å². The normalized spacial score (nSPS) is 9.50. The zero-order valence-electron chi connectivity index (χ0n) is 9.36. The molecule has 0 bridgehead atoms. The smallest absolute Gasteiger partial charge is 0.254 e.